The van der Waals surface area contributed by atoms with Gasteiger partial charge in [0.05, 0.1) is 24.9 Å². The first kappa shape index (κ1) is 27.0. The number of carbonyl (C=O) groups excluding carboxylic acids is 3. The Balaban J connectivity index is 1.27. The molecule has 0 fully saturated rings. The number of halogens is 3. The van der Waals surface area contributed by atoms with Crippen LogP contribution in [0.25, 0.3) is 0 Å². The standard InChI is InChI=1S/C28H23F3N4O4/c29-28(30,31)20-5-2-7-23(15-20)35-27(38)19-4-1-6-22(14-19)34-25(36)17-32-21-11-9-18(10-12-21)26(37)33-16-24-8-3-13-39-24/h1-15,32H,16-17H2,(H,33,37)(H,34,36)(H,35,38). The topological polar surface area (TPSA) is 112 Å². The number of rotatable bonds is 9. The van der Waals surface area contributed by atoms with Crippen molar-refractivity contribution in [3.63, 3.8) is 0 Å². The summed E-state index contributed by atoms with van der Waals surface area (Å²) in [5.74, 6) is -0.662. The van der Waals surface area contributed by atoms with E-state index in [1.807, 2.05) is 0 Å². The lowest BCUT2D eigenvalue weighted by atomic mass is 10.1. The number of amides is 3. The molecule has 0 saturated carbocycles. The molecule has 0 unspecified atom stereocenters. The molecule has 0 aliphatic heterocycles. The Morgan fingerprint density at radius 1 is 0.718 bits per heavy atom. The number of furan rings is 1. The SMILES string of the molecule is O=C(CNc1ccc(C(=O)NCc2ccco2)cc1)Nc1cccc(C(=O)Nc2cccc(C(F)(F)F)c2)c1. The Morgan fingerprint density at radius 2 is 1.44 bits per heavy atom. The maximum atomic E-state index is 12.9. The van der Waals surface area contributed by atoms with Gasteiger partial charge in [-0.1, -0.05) is 12.1 Å². The first-order chi connectivity index (χ1) is 18.7. The van der Waals surface area contributed by atoms with Crippen LogP contribution in [0.1, 0.15) is 32.0 Å². The van der Waals surface area contributed by atoms with E-state index in [4.69, 9.17) is 4.42 Å². The molecule has 4 aromatic rings. The molecule has 0 atom stereocenters. The van der Waals surface area contributed by atoms with Gasteiger partial charge in [0.2, 0.25) is 5.91 Å². The zero-order valence-corrected chi connectivity index (χ0v) is 20.3. The van der Waals surface area contributed by atoms with Crippen LogP contribution in [0.3, 0.4) is 0 Å². The van der Waals surface area contributed by atoms with E-state index >= 15 is 0 Å². The molecule has 0 radical (unpaired) electrons. The van der Waals surface area contributed by atoms with E-state index in [1.54, 1.807) is 48.5 Å². The van der Waals surface area contributed by atoms with Crippen LogP contribution in [0.4, 0.5) is 30.2 Å². The minimum Gasteiger partial charge on any atom is -0.467 e. The van der Waals surface area contributed by atoms with Crippen LogP contribution in [-0.2, 0) is 17.5 Å². The molecule has 200 valence electrons. The Hall–Kier alpha value is -5.06. The highest BCUT2D eigenvalue weighted by Gasteiger charge is 2.30. The molecule has 0 bridgehead atoms. The van der Waals surface area contributed by atoms with E-state index in [-0.39, 0.29) is 30.2 Å². The van der Waals surface area contributed by atoms with Crippen molar-refractivity contribution in [2.75, 3.05) is 22.5 Å². The van der Waals surface area contributed by atoms with E-state index < -0.39 is 23.6 Å². The molecule has 0 aliphatic rings. The predicted molar refractivity (Wildman–Crippen MR) is 139 cm³/mol. The molecule has 39 heavy (non-hydrogen) atoms. The van der Waals surface area contributed by atoms with Crippen molar-refractivity contribution in [3.8, 4) is 0 Å². The average molecular weight is 537 g/mol. The van der Waals surface area contributed by atoms with Gasteiger partial charge in [-0.3, -0.25) is 14.4 Å². The largest absolute Gasteiger partial charge is 0.467 e. The summed E-state index contributed by atoms with van der Waals surface area (Å²) >= 11 is 0. The van der Waals surface area contributed by atoms with Crippen LogP contribution in [-0.4, -0.2) is 24.3 Å². The highest BCUT2D eigenvalue weighted by atomic mass is 19.4. The Bertz CT molecular complexity index is 1450. The van der Waals surface area contributed by atoms with Crippen molar-refractivity contribution < 1.29 is 32.0 Å². The second-order valence-corrected chi connectivity index (χ2v) is 8.35. The number of nitrogens with one attached hydrogen (secondary N) is 4. The van der Waals surface area contributed by atoms with Crippen molar-refractivity contribution in [3.05, 3.63) is 114 Å². The quantitative estimate of drug-likeness (QED) is 0.225. The fraction of sp³-hybridized carbons (Fsp3) is 0.107. The van der Waals surface area contributed by atoms with Crippen molar-refractivity contribution in [2.24, 2.45) is 0 Å². The molecule has 8 nitrogen and oxygen atoms in total. The van der Waals surface area contributed by atoms with Gasteiger partial charge in [-0.25, -0.2) is 0 Å². The molecule has 0 spiro atoms. The Kier molecular flexibility index (Phi) is 8.30. The van der Waals surface area contributed by atoms with E-state index in [0.717, 1.165) is 12.1 Å². The second kappa shape index (κ2) is 12.0. The van der Waals surface area contributed by atoms with Crippen LogP contribution in [0.2, 0.25) is 0 Å². The van der Waals surface area contributed by atoms with E-state index in [2.05, 4.69) is 21.3 Å². The molecule has 4 rings (SSSR count). The molecule has 4 N–H and O–H groups in total. The highest BCUT2D eigenvalue weighted by molar-refractivity contribution is 6.05. The predicted octanol–water partition coefficient (Wildman–Crippen LogP) is 5.53. The smallest absolute Gasteiger partial charge is 0.416 e. The first-order valence-corrected chi connectivity index (χ1v) is 11.7. The fourth-order valence-corrected chi connectivity index (χ4v) is 3.52. The molecule has 0 aliphatic carbocycles. The third kappa shape index (κ3) is 7.71. The zero-order valence-electron chi connectivity index (χ0n) is 20.3. The third-order valence-electron chi connectivity index (χ3n) is 5.46. The number of benzene rings is 3. The van der Waals surface area contributed by atoms with Gasteiger partial charge in [0, 0.05) is 28.2 Å². The summed E-state index contributed by atoms with van der Waals surface area (Å²) in [6.45, 7) is 0.171. The van der Waals surface area contributed by atoms with Crippen LogP contribution in [0.15, 0.2) is 95.6 Å². The minimum atomic E-state index is -4.53. The average Bonchev–Trinajstić information content (AvgIpc) is 3.44. The normalized spacial score (nSPS) is 10.9. The minimum absolute atomic E-state index is 0.00510. The Labute approximate surface area is 221 Å². The number of anilines is 3. The summed E-state index contributed by atoms with van der Waals surface area (Å²) in [6.07, 6.45) is -3.01. The highest BCUT2D eigenvalue weighted by Crippen LogP contribution is 2.30. The lowest BCUT2D eigenvalue weighted by molar-refractivity contribution is -0.137. The summed E-state index contributed by atoms with van der Waals surface area (Å²) in [6, 6.07) is 20.4. The lowest BCUT2D eigenvalue weighted by Gasteiger charge is -2.11. The van der Waals surface area contributed by atoms with Gasteiger partial charge >= 0.3 is 6.18 Å². The van der Waals surface area contributed by atoms with Crippen molar-refractivity contribution in [2.45, 2.75) is 12.7 Å². The van der Waals surface area contributed by atoms with Crippen LogP contribution >= 0.6 is 0 Å². The van der Waals surface area contributed by atoms with Crippen LogP contribution in [0, 0.1) is 0 Å². The maximum Gasteiger partial charge on any atom is 0.416 e. The van der Waals surface area contributed by atoms with Gasteiger partial charge in [0.15, 0.2) is 0 Å². The number of carbonyl (C=O) groups is 3. The number of alkyl halides is 3. The molecule has 3 amide bonds. The van der Waals surface area contributed by atoms with E-state index in [0.29, 0.717) is 22.7 Å². The molecule has 3 aromatic carbocycles. The van der Waals surface area contributed by atoms with E-state index in [9.17, 15) is 27.6 Å². The van der Waals surface area contributed by atoms with Gasteiger partial charge in [-0.05, 0) is 72.8 Å². The lowest BCUT2D eigenvalue weighted by Crippen LogP contribution is -2.23. The maximum absolute atomic E-state index is 12.9. The summed E-state index contributed by atoms with van der Waals surface area (Å²) < 4.78 is 43.9. The summed E-state index contributed by atoms with van der Waals surface area (Å²) in [4.78, 5) is 37.2. The van der Waals surface area contributed by atoms with Crippen molar-refractivity contribution >= 4 is 34.8 Å². The summed E-state index contributed by atoms with van der Waals surface area (Å²) in [5, 5.41) is 10.8. The van der Waals surface area contributed by atoms with Gasteiger partial charge in [0.1, 0.15) is 5.76 Å². The first-order valence-electron chi connectivity index (χ1n) is 11.7. The van der Waals surface area contributed by atoms with Crippen LogP contribution < -0.4 is 21.3 Å². The van der Waals surface area contributed by atoms with Crippen molar-refractivity contribution in [1.29, 1.82) is 0 Å². The molecule has 1 aromatic heterocycles. The van der Waals surface area contributed by atoms with E-state index in [1.165, 1.54) is 30.5 Å². The molecular weight excluding hydrogens is 513 g/mol. The molecule has 1 heterocycles. The zero-order chi connectivity index (χ0) is 27.8. The van der Waals surface area contributed by atoms with Crippen molar-refractivity contribution in [1.82, 2.24) is 5.32 Å². The van der Waals surface area contributed by atoms with Gasteiger partial charge in [-0.15, -0.1) is 0 Å². The fourth-order valence-electron chi connectivity index (χ4n) is 3.52. The summed E-state index contributed by atoms with van der Waals surface area (Å²) in [5.41, 5.74) is 0.658. The van der Waals surface area contributed by atoms with Gasteiger partial charge in [-0.2, -0.15) is 13.2 Å². The molecular formula is C28H23F3N4O4. The molecule has 0 saturated heterocycles. The third-order valence-corrected chi connectivity index (χ3v) is 5.46. The van der Waals surface area contributed by atoms with Gasteiger partial charge in [0.25, 0.3) is 11.8 Å². The number of hydrogen-bond donors (Lipinski definition) is 4. The monoisotopic (exact) mass is 536 g/mol. The Morgan fingerprint density at radius 3 is 2.13 bits per heavy atom. The van der Waals surface area contributed by atoms with Gasteiger partial charge < -0.3 is 25.7 Å². The molecule has 11 heteroatoms. The second-order valence-electron chi connectivity index (χ2n) is 8.35. The van der Waals surface area contributed by atoms with Crippen LogP contribution in [0.5, 0.6) is 0 Å². The number of hydrogen-bond acceptors (Lipinski definition) is 5. The summed E-state index contributed by atoms with van der Waals surface area (Å²) in [7, 11) is 0.